The highest BCUT2D eigenvalue weighted by molar-refractivity contribution is 5.21. The molecule has 2 N–H and O–H groups in total. The maximum atomic E-state index is 10.9. The van der Waals surface area contributed by atoms with Crippen molar-refractivity contribution in [3.63, 3.8) is 0 Å². The Hall–Kier alpha value is -0.340. The number of aliphatic hydroxyl groups is 2. The van der Waals surface area contributed by atoms with Crippen LogP contribution in [0.4, 0.5) is 0 Å². The maximum Gasteiger partial charge on any atom is 0.0594 e. The first-order valence-electron chi connectivity index (χ1n) is 13.8. The fourth-order valence-corrected chi connectivity index (χ4v) is 11.5. The lowest BCUT2D eigenvalue weighted by molar-refractivity contribution is -0.249. The third-order valence-electron chi connectivity index (χ3n) is 13.5. The van der Waals surface area contributed by atoms with Crippen LogP contribution in [0.3, 0.4) is 0 Å². The Morgan fingerprint density at radius 2 is 1.53 bits per heavy atom. The van der Waals surface area contributed by atoms with E-state index in [9.17, 15) is 10.2 Å². The molecule has 0 unspecified atom stereocenters. The third-order valence-corrected chi connectivity index (χ3v) is 13.5. The van der Waals surface area contributed by atoms with Crippen molar-refractivity contribution in [3.8, 4) is 0 Å². The van der Waals surface area contributed by atoms with Gasteiger partial charge in [-0.3, -0.25) is 0 Å². The Bertz CT molecular complexity index is 786. The van der Waals surface area contributed by atoms with Crippen molar-refractivity contribution in [2.75, 3.05) is 6.61 Å². The van der Waals surface area contributed by atoms with Crippen molar-refractivity contribution in [1.29, 1.82) is 0 Å². The molecule has 0 bridgehead atoms. The van der Waals surface area contributed by atoms with E-state index in [4.69, 9.17) is 0 Å². The molecule has 10 atom stereocenters. The molecule has 2 heteroatoms. The fourth-order valence-electron chi connectivity index (χ4n) is 11.5. The average Bonchev–Trinajstić information content (AvgIpc) is 3.12. The van der Waals surface area contributed by atoms with E-state index in [0.29, 0.717) is 40.6 Å². The van der Waals surface area contributed by atoms with Crippen molar-refractivity contribution >= 4 is 0 Å². The molecule has 182 valence electrons. The van der Waals surface area contributed by atoms with Crippen LogP contribution in [0.5, 0.6) is 0 Å². The van der Waals surface area contributed by atoms with E-state index >= 15 is 0 Å². The van der Waals surface area contributed by atoms with Gasteiger partial charge < -0.3 is 10.2 Å². The van der Waals surface area contributed by atoms with Gasteiger partial charge in [0, 0.05) is 6.61 Å². The summed E-state index contributed by atoms with van der Waals surface area (Å²) in [6.07, 6.45) is 12.2. The number of aliphatic hydroxyl groups excluding tert-OH is 2. The first-order chi connectivity index (χ1) is 14.9. The fraction of sp³-hybridized carbons (Fsp3) is 0.933. The van der Waals surface area contributed by atoms with Gasteiger partial charge in [-0.15, -0.1) is 0 Å². The monoisotopic (exact) mass is 442 g/mol. The zero-order valence-electron chi connectivity index (χ0n) is 21.8. The van der Waals surface area contributed by atoms with Crippen molar-refractivity contribution in [2.24, 2.45) is 56.7 Å². The summed E-state index contributed by atoms with van der Waals surface area (Å²) < 4.78 is 0. The molecule has 0 aromatic rings. The second-order valence-electron chi connectivity index (χ2n) is 14.6. The van der Waals surface area contributed by atoms with Crippen LogP contribution in [0, 0.1) is 56.7 Å². The molecular formula is C30H50O2. The lowest BCUT2D eigenvalue weighted by Crippen LogP contribution is -2.66. The van der Waals surface area contributed by atoms with Crippen LogP contribution >= 0.6 is 0 Å². The molecular weight excluding hydrogens is 392 g/mol. The average molecular weight is 443 g/mol. The first-order valence-corrected chi connectivity index (χ1v) is 13.8. The van der Waals surface area contributed by atoms with Crippen molar-refractivity contribution in [1.82, 2.24) is 0 Å². The van der Waals surface area contributed by atoms with Crippen molar-refractivity contribution < 1.29 is 10.2 Å². The van der Waals surface area contributed by atoms with Crippen LogP contribution < -0.4 is 0 Å². The van der Waals surface area contributed by atoms with Crippen LogP contribution in [-0.4, -0.2) is 22.9 Å². The molecule has 0 aromatic carbocycles. The second kappa shape index (κ2) is 7.09. The summed E-state index contributed by atoms with van der Waals surface area (Å²) in [6, 6.07) is 0. The Morgan fingerprint density at radius 3 is 2.19 bits per heavy atom. The molecule has 0 radical (unpaired) electrons. The first kappa shape index (κ1) is 23.4. The standard InChI is InChI=1S/C30H50O2/c1-19(2)20-10-15-30(18-31)17-16-28(6)21(25(20)30)8-9-23-27(5)13-12-24(32)26(3,4)22(27)11-14-29(23,28)7/h20-25,31-32H,1,8-18H2,2-7H3/t20-,21+,22+,23+,24-,25+,27-,28-,29-,30-/m0/s1. The largest absolute Gasteiger partial charge is 0.396 e. The molecule has 2 nitrogen and oxygen atoms in total. The summed E-state index contributed by atoms with van der Waals surface area (Å²) in [6.45, 7) is 19.7. The van der Waals surface area contributed by atoms with E-state index in [0.717, 1.165) is 18.3 Å². The van der Waals surface area contributed by atoms with Crippen LogP contribution in [0.15, 0.2) is 12.2 Å². The van der Waals surface area contributed by atoms with E-state index in [1.807, 2.05) is 0 Å². The molecule has 0 saturated heterocycles. The SMILES string of the molecule is C=C(C)[C@@H]1CC[C@@]2(CO)CC[C@@]3(C)[C@H](CC[C@@H]4[C@@]5(C)CC[C@H](O)C(C)(C)[C@H]5CC[C@@]43C)[C@@H]12. The number of rotatable bonds is 2. The molecule has 5 aliphatic rings. The molecule has 0 aromatic heterocycles. The summed E-state index contributed by atoms with van der Waals surface area (Å²) in [5.41, 5.74) is 2.60. The molecule has 0 heterocycles. The van der Waals surface area contributed by atoms with E-state index in [-0.39, 0.29) is 16.9 Å². The van der Waals surface area contributed by atoms with Gasteiger partial charge in [0.25, 0.3) is 0 Å². The second-order valence-corrected chi connectivity index (χ2v) is 14.6. The molecule has 0 spiro atoms. The molecule has 0 aliphatic heterocycles. The molecule has 5 saturated carbocycles. The van der Waals surface area contributed by atoms with Crippen LogP contribution in [-0.2, 0) is 0 Å². The molecule has 5 rings (SSSR count). The minimum Gasteiger partial charge on any atom is -0.396 e. The predicted octanol–water partition coefficient (Wildman–Crippen LogP) is 7.00. The van der Waals surface area contributed by atoms with Gasteiger partial charge in [-0.1, -0.05) is 46.8 Å². The van der Waals surface area contributed by atoms with Crippen molar-refractivity contribution in [2.45, 2.75) is 112 Å². The van der Waals surface area contributed by atoms with Gasteiger partial charge in [0.05, 0.1) is 6.10 Å². The predicted molar refractivity (Wildman–Crippen MR) is 132 cm³/mol. The zero-order chi connectivity index (χ0) is 23.3. The third kappa shape index (κ3) is 2.66. The smallest absolute Gasteiger partial charge is 0.0594 e. The highest BCUT2D eigenvalue weighted by Gasteiger charge is 2.70. The number of hydrogen-bond donors (Lipinski definition) is 2. The quantitative estimate of drug-likeness (QED) is 0.452. The van der Waals surface area contributed by atoms with Gasteiger partial charge in [0.1, 0.15) is 0 Å². The lowest BCUT2D eigenvalue weighted by atomic mass is 9.32. The summed E-state index contributed by atoms with van der Waals surface area (Å²) in [7, 11) is 0. The van der Waals surface area contributed by atoms with Gasteiger partial charge >= 0.3 is 0 Å². The van der Waals surface area contributed by atoms with Crippen LogP contribution in [0.1, 0.15) is 106 Å². The van der Waals surface area contributed by atoms with E-state index < -0.39 is 0 Å². The number of fused-ring (bicyclic) bond motifs is 7. The minimum absolute atomic E-state index is 0.0290. The number of hydrogen-bond acceptors (Lipinski definition) is 2. The van der Waals surface area contributed by atoms with Crippen LogP contribution in [0.2, 0.25) is 0 Å². The maximum absolute atomic E-state index is 10.9. The molecule has 5 aliphatic carbocycles. The van der Waals surface area contributed by atoms with Gasteiger partial charge in [0.2, 0.25) is 0 Å². The van der Waals surface area contributed by atoms with E-state index in [2.05, 4.69) is 48.1 Å². The summed E-state index contributed by atoms with van der Waals surface area (Å²) in [4.78, 5) is 0. The molecule has 5 fully saturated rings. The lowest BCUT2D eigenvalue weighted by Gasteiger charge is -2.73. The topological polar surface area (TPSA) is 40.5 Å². The Kier molecular flexibility index (Phi) is 5.19. The normalized spacial score (nSPS) is 56.5. The van der Waals surface area contributed by atoms with Gasteiger partial charge in [-0.2, -0.15) is 0 Å². The molecule has 0 amide bonds. The summed E-state index contributed by atoms with van der Waals surface area (Å²) in [5, 5.41) is 21.5. The van der Waals surface area contributed by atoms with Crippen molar-refractivity contribution in [3.05, 3.63) is 12.2 Å². The highest BCUT2D eigenvalue weighted by atomic mass is 16.3. The Labute approximate surface area is 197 Å². The Morgan fingerprint density at radius 1 is 0.812 bits per heavy atom. The number of allylic oxidation sites excluding steroid dienone is 1. The van der Waals surface area contributed by atoms with Gasteiger partial charge in [-0.05, 0) is 128 Å². The van der Waals surface area contributed by atoms with Gasteiger partial charge in [0.15, 0.2) is 0 Å². The van der Waals surface area contributed by atoms with E-state index in [1.54, 1.807) is 0 Å². The van der Waals surface area contributed by atoms with Gasteiger partial charge in [-0.25, -0.2) is 0 Å². The molecule has 32 heavy (non-hydrogen) atoms. The Balaban J connectivity index is 1.55. The highest BCUT2D eigenvalue weighted by Crippen LogP contribution is 2.77. The van der Waals surface area contributed by atoms with Crippen LogP contribution in [0.25, 0.3) is 0 Å². The van der Waals surface area contributed by atoms with E-state index in [1.165, 1.54) is 63.4 Å². The summed E-state index contributed by atoms with van der Waals surface area (Å²) >= 11 is 0. The zero-order valence-corrected chi connectivity index (χ0v) is 21.8. The summed E-state index contributed by atoms with van der Waals surface area (Å²) in [5.74, 6) is 3.33. The minimum atomic E-state index is -0.147.